The van der Waals surface area contributed by atoms with Crippen LogP contribution in [-0.4, -0.2) is 11.7 Å². The molecule has 0 aliphatic rings. The Kier molecular flexibility index (Phi) is 4.81. The molecule has 0 aliphatic heterocycles. The molecule has 0 radical (unpaired) electrons. The third kappa shape index (κ3) is 3.60. The van der Waals surface area contributed by atoms with Crippen molar-refractivity contribution in [1.29, 1.82) is 0 Å². The Labute approximate surface area is 125 Å². The van der Waals surface area contributed by atoms with Crippen LogP contribution in [0.1, 0.15) is 31.0 Å². The molecule has 0 aliphatic carbocycles. The zero-order valence-electron chi connectivity index (χ0n) is 11.8. The Hall–Kier alpha value is -1.35. The molecule has 3 heteroatoms. The van der Waals surface area contributed by atoms with Crippen molar-refractivity contribution in [3.8, 4) is 0 Å². The highest BCUT2D eigenvalue weighted by Gasteiger charge is 2.23. The van der Waals surface area contributed by atoms with E-state index in [1.165, 1.54) is 0 Å². The Balaban J connectivity index is 2.03. The number of nitrogens with one attached hydrogen (secondary N) is 1. The van der Waals surface area contributed by atoms with E-state index in [1.54, 1.807) is 0 Å². The van der Waals surface area contributed by atoms with Gasteiger partial charge in [0.15, 0.2) is 0 Å². The molecule has 0 saturated carbocycles. The molecule has 106 valence electrons. The maximum Gasteiger partial charge on any atom is 0.0992 e. The Bertz CT molecular complexity index is 554. The molecule has 2 N–H and O–H groups in total. The molecule has 2 aromatic rings. The third-order valence-corrected chi connectivity index (χ3v) is 3.86. The maximum atomic E-state index is 10.6. The topological polar surface area (TPSA) is 32.3 Å². The fourth-order valence-corrected chi connectivity index (χ4v) is 2.49. The van der Waals surface area contributed by atoms with Crippen LogP contribution in [0.4, 0.5) is 0 Å². The quantitative estimate of drug-likeness (QED) is 0.875. The molecule has 2 nitrogen and oxygen atoms in total. The van der Waals surface area contributed by atoms with E-state index in [2.05, 4.69) is 5.32 Å². The van der Waals surface area contributed by atoms with E-state index in [4.69, 9.17) is 11.6 Å². The fraction of sp³-hybridized carbons (Fsp3) is 0.294. The van der Waals surface area contributed by atoms with E-state index < -0.39 is 5.60 Å². The van der Waals surface area contributed by atoms with Crippen molar-refractivity contribution in [2.45, 2.75) is 25.5 Å². The lowest BCUT2D eigenvalue weighted by atomic mass is 9.95. The molecule has 0 bridgehead atoms. The van der Waals surface area contributed by atoms with Crippen molar-refractivity contribution in [3.05, 3.63) is 70.7 Å². The van der Waals surface area contributed by atoms with Gasteiger partial charge in [-0.25, -0.2) is 0 Å². The highest BCUT2D eigenvalue weighted by Crippen LogP contribution is 2.24. The van der Waals surface area contributed by atoms with Crippen molar-refractivity contribution in [2.75, 3.05) is 6.54 Å². The molecule has 0 saturated heterocycles. The van der Waals surface area contributed by atoms with Crippen LogP contribution in [-0.2, 0) is 5.60 Å². The lowest BCUT2D eigenvalue weighted by Gasteiger charge is -2.27. The summed E-state index contributed by atoms with van der Waals surface area (Å²) in [7, 11) is 0. The van der Waals surface area contributed by atoms with E-state index in [0.717, 1.165) is 16.1 Å². The van der Waals surface area contributed by atoms with E-state index >= 15 is 0 Å². The predicted octanol–water partition coefficient (Wildman–Crippen LogP) is 3.90. The smallest absolute Gasteiger partial charge is 0.0992 e. The zero-order valence-corrected chi connectivity index (χ0v) is 12.6. The lowest BCUT2D eigenvalue weighted by Crippen LogP contribution is -2.36. The van der Waals surface area contributed by atoms with Crippen molar-refractivity contribution >= 4 is 11.6 Å². The van der Waals surface area contributed by atoms with E-state index in [1.807, 2.05) is 68.4 Å². The van der Waals surface area contributed by atoms with Crippen LogP contribution < -0.4 is 5.32 Å². The molecule has 2 atom stereocenters. The third-order valence-electron chi connectivity index (χ3n) is 3.52. The van der Waals surface area contributed by atoms with Crippen molar-refractivity contribution in [3.63, 3.8) is 0 Å². The number of halogens is 1. The Morgan fingerprint density at radius 3 is 2.35 bits per heavy atom. The normalized spacial score (nSPS) is 15.6. The minimum atomic E-state index is -0.906. The molecule has 0 aromatic heterocycles. The SMILES string of the molecule is C[C@@H](NCC(C)(O)c1ccccc1)c1ccccc1Cl. The molecule has 20 heavy (non-hydrogen) atoms. The second-order valence-electron chi connectivity index (χ2n) is 5.26. The molecule has 2 aromatic carbocycles. The molecule has 0 heterocycles. The standard InChI is InChI=1S/C17H20ClNO/c1-13(15-10-6-7-11-16(15)18)19-12-17(2,20)14-8-4-3-5-9-14/h3-11,13,19-20H,12H2,1-2H3/t13-,17?/m1/s1. The van der Waals surface area contributed by atoms with Gasteiger partial charge in [0.25, 0.3) is 0 Å². The first kappa shape index (κ1) is 15.0. The highest BCUT2D eigenvalue weighted by molar-refractivity contribution is 6.31. The monoisotopic (exact) mass is 289 g/mol. The van der Waals surface area contributed by atoms with Crippen LogP contribution in [0.15, 0.2) is 54.6 Å². The first-order valence-corrected chi connectivity index (χ1v) is 7.14. The average molecular weight is 290 g/mol. The van der Waals surface area contributed by atoms with Crippen LogP contribution in [0.2, 0.25) is 5.02 Å². The van der Waals surface area contributed by atoms with Crippen LogP contribution in [0, 0.1) is 0 Å². The van der Waals surface area contributed by atoms with Gasteiger partial charge in [-0.3, -0.25) is 0 Å². The molecule has 0 spiro atoms. The number of benzene rings is 2. The second-order valence-corrected chi connectivity index (χ2v) is 5.67. The number of aliphatic hydroxyl groups is 1. The molecule has 2 rings (SSSR count). The Morgan fingerprint density at radius 1 is 1.10 bits per heavy atom. The first-order chi connectivity index (χ1) is 9.50. The van der Waals surface area contributed by atoms with Crippen LogP contribution in [0.5, 0.6) is 0 Å². The first-order valence-electron chi connectivity index (χ1n) is 6.76. The molecule has 0 fully saturated rings. The summed E-state index contributed by atoms with van der Waals surface area (Å²) in [6.45, 7) is 4.32. The van der Waals surface area contributed by atoms with E-state index in [9.17, 15) is 5.11 Å². The van der Waals surface area contributed by atoms with Crippen LogP contribution >= 0.6 is 11.6 Å². The van der Waals surface area contributed by atoms with Gasteiger partial charge in [0.1, 0.15) is 0 Å². The Morgan fingerprint density at radius 2 is 1.70 bits per heavy atom. The van der Waals surface area contributed by atoms with Gasteiger partial charge in [0.05, 0.1) is 5.60 Å². The largest absolute Gasteiger partial charge is 0.384 e. The summed E-state index contributed by atoms with van der Waals surface area (Å²) in [6.07, 6.45) is 0. The predicted molar refractivity (Wildman–Crippen MR) is 83.9 cm³/mol. The number of hydrogen-bond donors (Lipinski definition) is 2. The zero-order chi connectivity index (χ0) is 14.6. The van der Waals surface area contributed by atoms with Crippen molar-refractivity contribution in [1.82, 2.24) is 5.32 Å². The summed E-state index contributed by atoms with van der Waals surface area (Å²) in [4.78, 5) is 0. The maximum absolute atomic E-state index is 10.6. The van der Waals surface area contributed by atoms with Crippen LogP contribution in [0.25, 0.3) is 0 Å². The molecular formula is C17H20ClNO. The fourth-order valence-electron chi connectivity index (χ4n) is 2.19. The van der Waals surface area contributed by atoms with Crippen molar-refractivity contribution in [2.24, 2.45) is 0 Å². The summed E-state index contributed by atoms with van der Waals surface area (Å²) < 4.78 is 0. The minimum absolute atomic E-state index is 0.0823. The summed E-state index contributed by atoms with van der Waals surface area (Å²) in [5.74, 6) is 0. The van der Waals surface area contributed by atoms with Gasteiger partial charge >= 0.3 is 0 Å². The van der Waals surface area contributed by atoms with Gasteiger partial charge in [-0.05, 0) is 31.0 Å². The van der Waals surface area contributed by atoms with Gasteiger partial charge < -0.3 is 10.4 Å². The van der Waals surface area contributed by atoms with E-state index in [-0.39, 0.29) is 6.04 Å². The van der Waals surface area contributed by atoms with Gasteiger partial charge in [-0.2, -0.15) is 0 Å². The summed E-state index contributed by atoms with van der Waals surface area (Å²) in [5.41, 5.74) is 1.04. The number of rotatable bonds is 5. The summed E-state index contributed by atoms with van der Waals surface area (Å²) in [5, 5.41) is 14.6. The van der Waals surface area contributed by atoms with Gasteiger partial charge in [-0.15, -0.1) is 0 Å². The second kappa shape index (κ2) is 6.40. The lowest BCUT2D eigenvalue weighted by molar-refractivity contribution is 0.0543. The van der Waals surface area contributed by atoms with E-state index in [0.29, 0.717) is 6.54 Å². The highest BCUT2D eigenvalue weighted by atomic mass is 35.5. The number of hydrogen-bond acceptors (Lipinski definition) is 2. The van der Waals surface area contributed by atoms with Crippen molar-refractivity contribution < 1.29 is 5.11 Å². The summed E-state index contributed by atoms with van der Waals surface area (Å²) in [6, 6.07) is 17.5. The van der Waals surface area contributed by atoms with Crippen LogP contribution in [0.3, 0.4) is 0 Å². The van der Waals surface area contributed by atoms with Gasteiger partial charge in [0.2, 0.25) is 0 Å². The average Bonchev–Trinajstić information content (AvgIpc) is 2.46. The van der Waals surface area contributed by atoms with Gasteiger partial charge in [0, 0.05) is 17.6 Å². The minimum Gasteiger partial charge on any atom is -0.384 e. The van der Waals surface area contributed by atoms with Gasteiger partial charge in [-0.1, -0.05) is 60.1 Å². The molecular weight excluding hydrogens is 270 g/mol. The summed E-state index contributed by atoms with van der Waals surface area (Å²) >= 11 is 6.18. The molecule has 1 unspecified atom stereocenters. The molecule has 0 amide bonds.